The van der Waals surface area contributed by atoms with Gasteiger partial charge in [0, 0.05) is 11.4 Å². The summed E-state index contributed by atoms with van der Waals surface area (Å²) in [7, 11) is 0. The first-order valence-corrected chi connectivity index (χ1v) is 4.31. The summed E-state index contributed by atoms with van der Waals surface area (Å²) >= 11 is 3.58. The van der Waals surface area contributed by atoms with Gasteiger partial charge < -0.3 is 4.90 Å². The Balaban J connectivity index is 2.18. The van der Waals surface area contributed by atoms with Crippen molar-refractivity contribution in [1.29, 1.82) is 0 Å². The molecule has 0 saturated carbocycles. The van der Waals surface area contributed by atoms with Crippen LogP contribution in [0, 0.1) is 6.92 Å². The van der Waals surface area contributed by atoms with E-state index in [0.717, 1.165) is 24.5 Å². The van der Waals surface area contributed by atoms with Crippen molar-refractivity contribution in [2.75, 3.05) is 19.6 Å². The maximum Gasteiger partial charge on any atom is 0.0170 e. The number of alkyl halides is 1. The van der Waals surface area contributed by atoms with Crippen molar-refractivity contribution < 1.29 is 0 Å². The van der Waals surface area contributed by atoms with E-state index in [-0.39, 0.29) is 0 Å². The molecule has 0 aliphatic carbocycles. The highest BCUT2D eigenvalue weighted by Crippen LogP contribution is 2.16. The summed E-state index contributed by atoms with van der Waals surface area (Å²) in [6.45, 7) is 8.50. The molecule has 0 aromatic carbocycles. The summed E-state index contributed by atoms with van der Waals surface area (Å²) in [6.07, 6.45) is 2.49. The molecule has 1 saturated heterocycles. The van der Waals surface area contributed by atoms with E-state index in [2.05, 4.69) is 20.8 Å². The Morgan fingerprint density at radius 1 is 1.44 bits per heavy atom. The van der Waals surface area contributed by atoms with Gasteiger partial charge in [0.2, 0.25) is 0 Å². The van der Waals surface area contributed by atoms with Crippen molar-refractivity contribution >= 4 is 15.9 Å². The van der Waals surface area contributed by atoms with Gasteiger partial charge in [0.15, 0.2) is 0 Å². The van der Waals surface area contributed by atoms with Gasteiger partial charge in [0.05, 0.1) is 0 Å². The van der Waals surface area contributed by atoms with Gasteiger partial charge in [-0.25, -0.2) is 0 Å². The predicted octanol–water partition coefficient (Wildman–Crippen LogP) is 1.56. The molecule has 1 aliphatic heterocycles. The van der Waals surface area contributed by atoms with Crippen LogP contribution in [0.25, 0.3) is 0 Å². The highest BCUT2D eigenvalue weighted by Gasteiger charge is 2.14. The molecule has 52 valence electrons. The highest BCUT2D eigenvalue weighted by molar-refractivity contribution is 9.09. The largest absolute Gasteiger partial charge is 0.303 e. The number of halogens is 1. The lowest BCUT2D eigenvalue weighted by Crippen LogP contribution is -2.33. The molecule has 0 atom stereocenters. The molecule has 1 fully saturated rings. The Morgan fingerprint density at radius 3 is 2.44 bits per heavy atom. The van der Waals surface area contributed by atoms with E-state index < -0.39 is 0 Å². The smallest absolute Gasteiger partial charge is 0.0170 e. The van der Waals surface area contributed by atoms with Crippen LogP contribution in [-0.4, -0.2) is 29.4 Å². The minimum absolute atomic E-state index is 0.722. The van der Waals surface area contributed by atoms with Crippen LogP contribution < -0.4 is 0 Å². The molecule has 0 N–H and O–H groups in total. The second-order valence-corrected chi connectivity index (χ2v) is 3.77. The number of hydrogen-bond donors (Lipinski definition) is 0. The van der Waals surface area contributed by atoms with Crippen molar-refractivity contribution in [3.8, 4) is 0 Å². The van der Waals surface area contributed by atoms with Crippen LogP contribution in [0.5, 0.6) is 0 Å². The van der Waals surface area contributed by atoms with Crippen molar-refractivity contribution in [3.05, 3.63) is 6.92 Å². The normalized spacial score (nSPS) is 24.7. The molecule has 1 heterocycles. The van der Waals surface area contributed by atoms with Crippen LogP contribution in [0.1, 0.15) is 12.8 Å². The van der Waals surface area contributed by atoms with Crippen molar-refractivity contribution in [3.63, 3.8) is 0 Å². The standard InChI is InChI=1S/C7H12BrN/c1-2-9-5-3-7(8)4-6-9/h1,7H,2-6H2. The maximum atomic E-state index is 5.46. The Hall–Kier alpha value is 0.440. The quantitative estimate of drug-likeness (QED) is 0.567. The van der Waals surface area contributed by atoms with Crippen LogP contribution >= 0.6 is 15.9 Å². The minimum Gasteiger partial charge on any atom is -0.303 e. The molecule has 0 amide bonds. The fourth-order valence-electron chi connectivity index (χ4n) is 1.08. The lowest BCUT2D eigenvalue weighted by atomic mass is 10.1. The van der Waals surface area contributed by atoms with Gasteiger partial charge in [-0.1, -0.05) is 15.9 Å². The number of likely N-dealkylation sites (tertiary alicyclic amines) is 1. The topological polar surface area (TPSA) is 3.24 Å². The molecular weight excluding hydrogens is 178 g/mol. The van der Waals surface area contributed by atoms with Gasteiger partial charge in [0.1, 0.15) is 0 Å². The minimum atomic E-state index is 0.722. The van der Waals surface area contributed by atoms with E-state index in [9.17, 15) is 0 Å². The number of nitrogens with zero attached hydrogens (tertiary/aromatic N) is 1. The molecule has 0 aromatic heterocycles. The first-order valence-electron chi connectivity index (χ1n) is 3.39. The second-order valence-electron chi connectivity index (χ2n) is 2.48. The van der Waals surface area contributed by atoms with Gasteiger partial charge in [-0.05, 0) is 32.9 Å². The SMILES string of the molecule is [CH]CN1CCC(Br)CC1. The lowest BCUT2D eigenvalue weighted by Gasteiger charge is -2.27. The molecule has 2 radical (unpaired) electrons. The monoisotopic (exact) mass is 189 g/mol. The zero-order chi connectivity index (χ0) is 6.69. The first-order chi connectivity index (χ1) is 4.33. The Morgan fingerprint density at radius 2 is 2.00 bits per heavy atom. The number of rotatable bonds is 1. The molecule has 0 bridgehead atoms. The fraction of sp³-hybridized carbons (Fsp3) is 0.857. The van der Waals surface area contributed by atoms with Gasteiger partial charge in [-0.15, -0.1) is 0 Å². The van der Waals surface area contributed by atoms with E-state index >= 15 is 0 Å². The molecule has 1 nitrogen and oxygen atoms in total. The fourth-order valence-corrected chi connectivity index (χ4v) is 1.49. The van der Waals surface area contributed by atoms with E-state index in [1.54, 1.807) is 0 Å². The van der Waals surface area contributed by atoms with Gasteiger partial charge >= 0.3 is 0 Å². The second kappa shape index (κ2) is 3.57. The number of piperidine rings is 1. The van der Waals surface area contributed by atoms with Gasteiger partial charge in [-0.2, -0.15) is 0 Å². The molecular formula is C7H12BrN. The molecule has 0 unspecified atom stereocenters. The summed E-state index contributed by atoms with van der Waals surface area (Å²) < 4.78 is 0. The third-order valence-corrected chi connectivity index (χ3v) is 2.69. The summed E-state index contributed by atoms with van der Waals surface area (Å²) in [5.41, 5.74) is 0. The van der Waals surface area contributed by atoms with Crippen LogP contribution in [0.4, 0.5) is 0 Å². The molecule has 9 heavy (non-hydrogen) atoms. The molecule has 0 spiro atoms. The van der Waals surface area contributed by atoms with Crippen LogP contribution in [0.3, 0.4) is 0 Å². The first kappa shape index (κ1) is 7.55. The van der Waals surface area contributed by atoms with Gasteiger partial charge in [0.25, 0.3) is 0 Å². The highest BCUT2D eigenvalue weighted by atomic mass is 79.9. The summed E-state index contributed by atoms with van der Waals surface area (Å²) in [4.78, 5) is 3.01. The van der Waals surface area contributed by atoms with Crippen molar-refractivity contribution in [2.45, 2.75) is 17.7 Å². The zero-order valence-corrected chi connectivity index (χ0v) is 7.10. The third kappa shape index (κ3) is 2.26. The Bertz CT molecular complexity index is 77.0. The van der Waals surface area contributed by atoms with E-state index in [1.165, 1.54) is 12.8 Å². The molecule has 1 rings (SSSR count). The average Bonchev–Trinajstić information content (AvgIpc) is 1.90. The maximum absolute atomic E-state index is 5.46. The van der Waals surface area contributed by atoms with Crippen molar-refractivity contribution in [2.24, 2.45) is 0 Å². The van der Waals surface area contributed by atoms with Crippen molar-refractivity contribution in [1.82, 2.24) is 4.90 Å². The zero-order valence-electron chi connectivity index (χ0n) is 5.52. The predicted molar refractivity (Wildman–Crippen MR) is 42.7 cm³/mol. The van der Waals surface area contributed by atoms with E-state index in [4.69, 9.17) is 6.92 Å². The molecule has 1 aliphatic rings. The molecule has 0 aromatic rings. The average molecular weight is 190 g/mol. The van der Waals surface area contributed by atoms with Gasteiger partial charge in [-0.3, -0.25) is 0 Å². The van der Waals surface area contributed by atoms with E-state index in [0.29, 0.717) is 0 Å². The lowest BCUT2D eigenvalue weighted by molar-refractivity contribution is 0.256. The molecule has 2 heteroatoms. The summed E-state index contributed by atoms with van der Waals surface area (Å²) in [5, 5.41) is 0. The Kier molecular flexibility index (Phi) is 2.99. The van der Waals surface area contributed by atoms with Crippen LogP contribution in [0.2, 0.25) is 0 Å². The Labute approximate surface area is 65.6 Å². The van der Waals surface area contributed by atoms with Crippen LogP contribution in [-0.2, 0) is 0 Å². The summed E-state index contributed by atoms with van der Waals surface area (Å²) in [6, 6.07) is 0. The third-order valence-electron chi connectivity index (χ3n) is 1.78. The van der Waals surface area contributed by atoms with Crippen LogP contribution in [0.15, 0.2) is 0 Å². The van der Waals surface area contributed by atoms with E-state index in [1.807, 2.05) is 0 Å². The number of hydrogen-bond acceptors (Lipinski definition) is 1. The summed E-state index contributed by atoms with van der Waals surface area (Å²) in [5.74, 6) is 0.